The number of benzene rings is 1. The van der Waals surface area contributed by atoms with Gasteiger partial charge in [0.1, 0.15) is 11.0 Å². The van der Waals surface area contributed by atoms with Crippen LogP contribution in [0.1, 0.15) is 25.2 Å². The molecule has 0 radical (unpaired) electrons. The summed E-state index contributed by atoms with van der Waals surface area (Å²) in [6.07, 6.45) is 0.0141. The quantitative estimate of drug-likeness (QED) is 0.864. The van der Waals surface area contributed by atoms with Gasteiger partial charge in [-0.2, -0.15) is 0 Å². The second kappa shape index (κ2) is 5.25. The average Bonchev–Trinajstić information content (AvgIpc) is 2.70. The van der Waals surface area contributed by atoms with E-state index in [1.54, 1.807) is 4.90 Å². The predicted molar refractivity (Wildman–Crippen MR) is 85.4 cm³/mol. The molecule has 0 saturated heterocycles. The van der Waals surface area contributed by atoms with Gasteiger partial charge in [-0.05, 0) is 11.6 Å². The number of H-pyrrole nitrogens is 1. The van der Waals surface area contributed by atoms with Gasteiger partial charge in [-0.3, -0.25) is 9.59 Å². The summed E-state index contributed by atoms with van der Waals surface area (Å²) in [5.41, 5.74) is 1.62. The van der Waals surface area contributed by atoms with E-state index in [0.29, 0.717) is 6.54 Å². The van der Waals surface area contributed by atoms with Crippen molar-refractivity contribution in [2.24, 2.45) is 0 Å². The lowest BCUT2D eigenvalue weighted by atomic mass is 9.87. The van der Waals surface area contributed by atoms with Crippen molar-refractivity contribution in [1.29, 1.82) is 0 Å². The summed E-state index contributed by atoms with van der Waals surface area (Å²) in [4.78, 5) is 32.3. The molecule has 0 unspecified atom stereocenters. The van der Waals surface area contributed by atoms with Crippen molar-refractivity contribution in [1.82, 2.24) is 9.97 Å². The SMILES string of the molecule is CC1(C)CN(C(=O)Cc2nc(Cl)cc(=O)[nH]2)c2ccccc21. The minimum atomic E-state index is -0.357. The first-order chi connectivity index (χ1) is 10.4. The molecule has 0 bridgehead atoms. The molecule has 2 heterocycles. The number of hydrogen-bond donors (Lipinski definition) is 1. The zero-order valence-corrected chi connectivity index (χ0v) is 13.1. The number of anilines is 1. The van der Waals surface area contributed by atoms with Gasteiger partial charge in [0, 0.05) is 23.7 Å². The zero-order valence-electron chi connectivity index (χ0n) is 12.4. The fourth-order valence-electron chi connectivity index (χ4n) is 2.87. The smallest absolute Gasteiger partial charge is 0.252 e. The molecule has 1 aliphatic rings. The van der Waals surface area contributed by atoms with Crippen LogP contribution in [0, 0.1) is 0 Å². The first-order valence-corrected chi connectivity index (χ1v) is 7.40. The number of amides is 1. The highest BCUT2D eigenvalue weighted by Gasteiger charge is 2.37. The van der Waals surface area contributed by atoms with Crippen LogP contribution in [0.3, 0.4) is 0 Å². The van der Waals surface area contributed by atoms with Gasteiger partial charge in [-0.25, -0.2) is 4.98 Å². The minimum Gasteiger partial charge on any atom is -0.311 e. The van der Waals surface area contributed by atoms with Crippen LogP contribution >= 0.6 is 11.6 Å². The molecule has 0 fully saturated rings. The lowest BCUT2D eigenvalue weighted by Crippen LogP contribution is -2.35. The van der Waals surface area contributed by atoms with Crippen molar-refractivity contribution in [2.75, 3.05) is 11.4 Å². The Kier molecular flexibility index (Phi) is 3.53. The summed E-state index contributed by atoms with van der Waals surface area (Å²) in [7, 11) is 0. The molecule has 1 aromatic carbocycles. The number of hydrogen-bond acceptors (Lipinski definition) is 3. The molecular formula is C16H16ClN3O2. The Morgan fingerprint density at radius 2 is 2.14 bits per heavy atom. The van der Waals surface area contributed by atoms with Gasteiger partial charge in [-0.1, -0.05) is 43.6 Å². The Bertz CT molecular complexity index is 798. The van der Waals surface area contributed by atoms with E-state index in [4.69, 9.17) is 11.6 Å². The third-order valence-corrected chi connectivity index (χ3v) is 4.05. The van der Waals surface area contributed by atoms with Crippen molar-refractivity contribution in [3.63, 3.8) is 0 Å². The van der Waals surface area contributed by atoms with Crippen LogP contribution in [0.2, 0.25) is 5.15 Å². The maximum Gasteiger partial charge on any atom is 0.252 e. The number of nitrogens with one attached hydrogen (secondary N) is 1. The summed E-state index contributed by atoms with van der Waals surface area (Å²) in [5.74, 6) is 0.174. The summed E-state index contributed by atoms with van der Waals surface area (Å²) >= 11 is 5.76. The third kappa shape index (κ3) is 2.64. The number of aromatic nitrogens is 2. The van der Waals surface area contributed by atoms with E-state index in [-0.39, 0.29) is 34.3 Å². The highest BCUT2D eigenvalue weighted by Crippen LogP contribution is 2.40. The average molecular weight is 318 g/mol. The van der Waals surface area contributed by atoms with Gasteiger partial charge in [-0.15, -0.1) is 0 Å². The lowest BCUT2D eigenvalue weighted by molar-refractivity contribution is -0.118. The van der Waals surface area contributed by atoms with Crippen LogP contribution in [-0.4, -0.2) is 22.4 Å². The molecule has 114 valence electrons. The summed E-state index contributed by atoms with van der Waals surface area (Å²) in [5, 5.41) is 0.0914. The Hall–Kier alpha value is -2.14. The first kappa shape index (κ1) is 14.8. The molecule has 1 aromatic heterocycles. The zero-order chi connectivity index (χ0) is 15.9. The summed E-state index contributed by atoms with van der Waals surface area (Å²) in [6, 6.07) is 9.06. The number of halogens is 1. The van der Waals surface area contributed by atoms with Crippen LogP contribution in [0.25, 0.3) is 0 Å². The number of aromatic amines is 1. The minimum absolute atomic E-state index is 0.0141. The van der Waals surface area contributed by atoms with E-state index in [1.165, 1.54) is 6.07 Å². The van der Waals surface area contributed by atoms with Crippen LogP contribution in [0.5, 0.6) is 0 Å². The molecular weight excluding hydrogens is 302 g/mol. The summed E-state index contributed by atoms with van der Waals surface area (Å²) < 4.78 is 0. The maximum absolute atomic E-state index is 12.6. The molecule has 5 nitrogen and oxygen atoms in total. The van der Waals surface area contributed by atoms with E-state index >= 15 is 0 Å². The Morgan fingerprint density at radius 1 is 1.41 bits per heavy atom. The normalized spacial score (nSPS) is 15.7. The summed E-state index contributed by atoms with van der Waals surface area (Å²) in [6.45, 7) is 4.83. The molecule has 3 rings (SSSR count). The molecule has 0 spiro atoms. The molecule has 1 N–H and O–H groups in total. The van der Waals surface area contributed by atoms with E-state index < -0.39 is 0 Å². The Morgan fingerprint density at radius 3 is 2.86 bits per heavy atom. The second-order valence-corrected chi connectivity index (χ2v) is 6.46. The second-order valence-electron chi connectivity index (χ2n) is 6.07. The maximum atomic E-state index is 12.6. The Labute approximate surface area is 132 Å². The molecule has 0 aliphatic carbocycles. The van der Waals surface area contributed by atoms with Gasteiger partial charge < -0.3 is 9.88 Å². The number of fused-ring (bicyclic) bond motifs is 1. The largest absolute Gasteiger partial charge is 0.311 e. The van der Waals surface area contributed by atoms with Crippen molar-refractivity contribution in [3.05, 3.63) is 57.2 Å². The number of rotatable bonds is 2. The molecule has 0 atom stereocenters. The Balaban J connectivity index is 1.89. The van der Waals surface area contributed by atoms with Gasteiger partial charge in [0.05, 0.1) is 6.42 Å². The molecule has 22 heavy (non-hydrogen) atoms. The van der Waals surface area contributed by atoms with Crippen molar-refractivity contribution in [2.45, 2.75) is 25.7 Å². The molecule has 1 amide bonds. The number of nitrogens with zero attached hydrogens (tertiary/aromatic N) is 2. The fourth-order valence-corrected chi connectivity index (χ4v) is 3.07. The van der Waals surface area contributed by atoms with Crippen molar-refractivity contribution >= 4 is 23.2 Å². The number of carbonyl (C=O) groups excluding carboxylic acids is 1. The van der Waals surface area contributed by atoms with E-state index in [1.807, 2.05) is 24.3 Å². The topological polar surface area (TPSA) is 66.1 Å². The predicted octanol–water partition coefficient (Wildman–Crippen LogP) is 2.29. The molecule has 6 heteroatoms. The van der Waals surface area contributed by atoms with Gasteiger partial charge in [0.2, 0.25) is 5.91 Å². The van der Waals surface area contributed by atoms with Gasteiger partial charge in [0.25, 0.3) is 5.56 Å². The highest BCUT2D eigenvalue weighted by molar-refractivity contribution is 6.29. The van der Waals surface area contributed by atoms with E-state index in [0.717, 1.165) is 11.3 Å². The van der Waals surface area contributed by atoms with Crippen LogP contribution < -0.4 is 10.5 Å². The van der Waals surface area contributed by atoms with Crippen molar-refractivity contribution < 1.29 is 4.79 Å². The first-order valence-electron chi connectivity index (χ1n) is 7.02. The van der Waals surface area contributed by atoms with Gasteiger partial charge >= 0.3 is 0 Å². The fraction of sp³-hybridized carbons (Fsp3) is 0.312. The molecule has 0 saturated carbocycles. The van der Waals surface area contributed by atoms with E-state index in [9.17, 15) is 9.59 Å². The van der Waals surface area contributed by atoms with Crippen LogP contribution in [-0.2, 0) is 16.6 Å². The monoisotopic (exact) mass is 317 g/mol. The lowest BCUT2D eigenvalue weighted by Gasteiger charge is -2.20. The third-order valence-electron chi connectivity index (χ3n) is 3.86. The number of carbonyl (C=O) groups is 1. The molecule has 1 aliphatic heterocycles. The van der Waals surface area contributed by atoms with Crippen LogP contribution in [0.4, 0.5) is 5.69 Å². The standard InChI is InChI=1S/C16H16ClN3O2/c1-16(2)9-20(11-6-4-3-5-10(11)16)15(22)8-13-18-12(17)7-14(21)19-13/h3-7H,8-9H2,1-2H3,(H,18,19,21). The van der Waals surface area contributed by atoms with Crippen molar-refractivity contribution in [3.8, 4) is 0 Å². The number of para-hydroxylation sites is 1. The van der Waals surface area contributed by atoms with Gasteiger partial charge in [0.15, 0.2) is 0 Å². The molecule has 2 aromatic rings. The van der Waals surface area contributed by atoms with Crippen LogP contribution in [0.15, 0.2) is 35.1 Å². The highest BCUT2D eigenvalue weighted by atomic mass is 35.5. The van der Waals surface area contributed by atoms with E-state index in [2.05, 4.69) is 23.8 Å².